The lowest BCUT2D eigenvalue weighted by Gasteiger charge is -2.23. The molecule has 0 amide bonds. The van der Waals surface area contributed by atoms with E-state index in [1.165, 1.54) is 12.0 Å². The average Bonchev–Trinajstić information content (AvgIpc) is 2.86. The normalized spacial score (nSPS) is 26.3. The summed E-state index contributed by atoms with van der Waals surface area (Å²) in [5.41, 5.74) is 3.05. The van der Waals surface area contributed by atoms with E-state index in [0.717, 1.165) is 31.0 Å². The van der Waals surface area contributed by atoms with Gasteiger partial charge in [0.15, 0.2) is 0 Å². The van der Waals surface area contributed by atoms with Gasteiger partial charge in [0.05, 0.1) is 5.56 Å². The average molecular weight is 304 g/mol. The van der Waals surface area contributed by atoms with Crippen molar-refractivity contribution in [3.63, 3.8) is 0 Å². The maximum Gasteiger partial charge on any atom is 0.123 e. The summed E-state index contributed by atoms with van der Waals surface area (Å²) in [7, 11) is 0. The van der Waals surface area contributed by atoms with Crippen molar-refractivity contribution in [1.29, 1.82) is 5.26 Å². The van der Waals surface area contributed by atoms with E-state index in [0.29, 0.717) is 16.1 Å². The molecule has 1 aliphatic heterocycles. The highest BCUT2D eigenvalue weighted by molar-refractivity contribution is 9.10. The summed E-state index contributed by atoms with van der Waals surface area (Å²) in [5.74, 6) is 1.45. The molecule has 0 unspecified atom stereocenters. The van der Waals surface area contributed by atoms with Gasteiger partial charge in [-0.3, -0.25) is 0 Å². The van der Waals surface area contributed by atoms with Crippen molar-refractivity contribution in [2.45, 2.75) is 12.8 Å². The Morgan fingerprint density at radius 3 is 3.17 bits per heavy atom. The van der Waals surface area contributed by atoms with Crippen LogP contribution < -0.4 is 5.32 Å². The SMILES string of the molecule is N#Cc1cc(C2=C[C@@H]3CNC[C@@H]3CC2)cnc1Br. The molecule has 4 heteroatoms. The number of hydrogen-bond donors (Lipinski definition) is 1. The molecule has 0 saturated carbocycles. The number of nitrogens with zero attached hydrogens (tertiary/aromatic N) is 2. The van der Waals surface area contributed by atoms with Gasteiger partial charge in [-0.05, 0) is 64.4 Å². The summed E-state index contributed by atoms with van der Waals surface area (Å²) in [6, 6.07) is 4.11. The van der Waals surface area contributed by atoms with E-state index in [4.69, 9.17) is 5.26 Å². The monoisotopic (exact) mass is 303 g/mol. The highest BCUT2D eigenvalue weighted by Crippen LogP contribution is 2.36. The second kappa shape index (κ2) is 4.83. The van der Waals surface area contributed by atoms with E-state index in [9.17, 15) is 0 Å². The Kier molecular flexibility index (Phi) is 3.19. The first kappa shape index (κ1) is 11.9. The van der Waals surface area contributed by atoms with Crippen molar-refractivity contribution in [3.05, 3.63) is 34.1 Å². The number of fused-ring (bicyclic) bond motifs is 1. The molecule has 18 heavy (non-hydrogen) atoms. The molecule has 3 nitrogen and oxygen atoms in total. The fraction of sp³-hybridized carbons (Fsp3) is 0.429. The lowest BCUT2D eigenvalue weighted by atomic mass is 9.81. The summed E-state index contributed by atoms with van der Waals surface area (Å²) >= 11 is 3.30. The molecule has 1 aromatic heterocycles. The van der Waals surface area contributed by atoms with E-state index < -0.39 is 0 Å². The molecule has 92 valence electrons. The van der Waals surface area contributed by atoms with Crippen molar-refractivity contribution in [1.82, 2.24) is 10.3 Å². The zero-order valence-electron chi connectivity index (χ0n) is 9.99. The topological polar surface area (TPSA) is 48.7 Å². The summed E-state index contributed by atoms with van der Waals surface area (Å²) < 4.78 is 0.630. The summed E-state index contributed by atoms with van der Waals surface area (Å²) in [4.78, 5) is 4.25. The zero-order valence-corrected chi connectivity index (χ0v) is 11.6. The van der Waals surface area contributed by atoms with Crippen molar-refractivity contribution in [2.75, 3.05) is 13.1 Å². The zero-order chi connectivity index (χ0) is 12.5. The van der Waals surface area contributed by atoms with Crippen LogP contribution in [0.5, 0.6) is 0 Å². The number of nitriles is 1. The van der Waals surface area contributed by atoms with E-state index in [-0.39, 0.29) is 0 Å². The van der Waals surface area contributed by atoms with Crippen LogP contribution in [0.4, 0.5) is 0 Å². The first-order chi connectivity index (χ1) is 8.78. The lowest BCUT2D eigenvalue weighted by molar-refractivity contribution is 0.448. The first-order valence-electron chi connectivity index (χ1n) is 6.25. The Morgan fingerprint density at radius 1 is 1.44 bits per heavy atom. The van der Waals surface area contributed by atoms with Gasteiger partial charge in [0.2, 0.25) is 0 Å². The second-order valence-electron chi connectivity index (χ2n) is 4.99. The summed E-state index contributed by atoms with van der Waals surface area (Å²) in [5, 5.41) is 12.5. The molecule has 2 atom stereocenters. The second-order valence-corrected chi connectivity index (χ2v) is 5.74. The lowest BCUT2D eigenvalue weighted by Crippen LogP contribution is -2.15. The van der Waals surface area contributed by atoms with Crippen LogP contribution in [0.2, 0.25) is 0 Å². The quantitative estimate of drug-likeness (QED) is 0.812. The van der Waals surface area contributed by atoms with E-state index in [2.05, 4.69) is 38.4 Å². The van der Waals surface area contributed by atoms with Gasteiger partial charge in [0.25, 0.3) is 0 Å². The number of nitrogens with one attached hydrogen (secondary N) is 1. The van der Waals surface area contributed by atoms with Gasteiger partial charge in [0.1, 0.15) is 10.7 Å². The number of hydrogen-bond acceptors (Lipinski definition) is 3. The van der Waals surface area contributed by atoms with E-state index >= 15 is 0 Å². The Balaban J connectivity index is 1.93. The Bertz CT molecular complexity index is 544. The minimum absolute atomic E-state index is 0.611. The van der Waals surface area contributed by atoms with Gasteiger partial charge in [0, 0.05) is 12.7 Å². The third-order valence-corrected chi connectivity index (χ3v) is 4.55. The van der Waals surface area contributed by atoms with Crippen LogP contribution in [0.1, 0.15) is 24.0 Å². The molecular weight excluding hydrogens is 290 g/mol. The van der Waals surface area contributed by atoms with E-state index in [1.807, 2.05) is 12.3 Å². The molecule has 2 aliphatic rings. The number of rotatable bonds is 1. The maximum absolute atomic E-state index is 9.04. The Hall–Kier alpha value is -1.18. The largest absolute Gasteiger partial charge is 0.316 e. The molecule has 3 rings (SSSR count). The molecule has 1 fully saturated rings. The Labute approximate surface area is 115 Å². The predicted octanol–water partition coefficient (Wildman–Crippen LogP) is 2.73. The molecule has 1 saturated heterocycles. The van der Waals surface area contributed by atoms with Crippen molar-refractivity contribution >= 4 is 21.5 Å². The van der Waals surface area contributed by atoms with Crippen molar-refractivity contribution in [3.8, 4) is 6.07 Å². The number of aromatic nitrogens is 1. The van der Waals surface area contributed by atoms with Gasteiger partial charge < -0.3 is 5.32 Å². The van der Waals surface area contributed by atoms with Gasteiger partial charge in [-0.1, -0.05) is 6.08 Å². The smallest absolute Gasteiger partial charge is 0.123 e. The highest BCUT2D eigenvalue weighted by atomic mass is 79.9. The van der Waals surface area contributed by atoms with Gasteiger partial charge in [-0.15, -0.1) is 0 Å². The van der Waals surface area contributed by atoms with Crippen LogP contribution in [0, 0.1) is 23.2 Å². The molecule has 1 aromatic rings. The van der Waals surface area contributed by atoms with Gasteiger partial charge in [-0.25, -0.2) is 4.98 Å². The fourth-order valence-corrected chi connectivity index (χ4v) is 3.20. The summed E-state index contributed by atoms with van der Waals surface area (Å²) in [6.07, 6.45) is 6.57. The minimum atomic E-state index is 0.611. The Morgan fingerprint density at radius 2 is 2.33 bits per heavy atom. The molecule has 1 N–H and O–H groups in total. The molecule has 0 spiro atoms. The van der Waals surface area contributed by atoms with Crippen LogP contribution in [0.15, 0.2) is 22.9 Å². The maximum atomic E-state index is 9.04. The third kappa shape index (κ3) is 2.09. The van der Waals surface area contributed by atoms with Gasteiger partial charge >= 0.3 is 0 Å². The number of pyridine rings is 1. The first-order valence-corrected chi connectivity index (χ1v) is 7.04. The molecule has 2 heterocycles. The van der Waals surface area contributed by atoms with Crippen LogP contribution in [0.25, 0.3) is 5.57 Å². The molecule has 0 radical (unpaired) electrons. The molecule has 0 aromatic carbocycles. The predicted molar refractivity (Wildman–Crippen MR) is 73.7 cm³/mol. The standard InChI is InChI=1S/C14H14BrN3/c15-14-11(5-16)4-13(8-18-14)9-1-2-10-6-17-7-12(10)3-9/h3-4,8,10,12,17H,1-2,6-7H2/t10-,12+/m0/s1. The molecule has 1 aliphatic carbocycles. The van der Waals surface area contributed by atoms with Gasteiger partial charge in [-0.2, -0.15) is 5.26 Å². The van der Waals surface area contributed by atoms with Crippen LogP contribution in [0.3, 0.4) is 0 Å². The third-order valence-electron chi connectivity index (χ3n) is 3.92. The minimum Gasteiger partial charge on any atom is -0.316 e. The molecule has 0 bridgehead atoms. The van der Waals surface area contributed by atoms with Crippen LogP contribution in [-0.4, -0.2) is 18.1 Å². The van der Waals surface area contributed by atoms with Crippen LogP contribution in [-0.2, 0) is 0 Å². The van der Waals surface area contributed by atoms with Crippen LogP contribution >= 0.6 is 15.9 Å². The summed E-state index contributed by atoms with van der Waals surface area (Å²) in [6.45, 7) is 2.24. The van der Waals surface area contributed by atoms with Crippen molar-refractivity contribution < 1.29 is 0 Å². The number of halogens is 1. The number of allylic oxidation sites excluding steroid dienone is 1. The molecular formula is C14H14BrN3. The highest BCUT2D eigenvalue weighted by Gasteiger charge is 2.29. The van der Waals surface area contributed by atoms with E-state index in [1.54, 1.807) is 0 Å². The fourth-order valence-electron chi connectivity index (χ4n) is 2.89. The van der Waals surface area contributed by atoms with Crippen molar-refractivity contribution in [2.24, 2.45) is 11.8 Å².